The van der Waals surface area contributed by atoms with Crippen molar-refractivity contribution < 1.29 is 4.79 Å². The second kappa shape index (κ2) is 3.53. The van der Waals surface area contributed by atoms with E-state index < -0.39 is 0 Å². The fraction of sp³-hybridized carbons (Fsp3) is 0. The molecular weight excluding hydrogens is 230 g/mol. The highest BCUT2D eigenvalue weighted by Gasteiger charge is 2.11. The standard InChI is InChI=1S/C12H7N5O/c13-4-8-5-17-11(15-8)9-3-1-2-7(6-18)10(9)16-12(17)14/h1-3,5-6H,(H2,14,16). The van der Waals surface area contributed by atoms with Gasteiger partial charge in [0, 0.05) is 10.9 Å². The van der Waals surface area contributed by atoms with E-state index in [1.54, 1.807) is 18.2 Å². The number of hydrogen-bond donors (Lipinski definition) is 1. The summed E-state index contributed by atoms with van der Waals surface area (Å²) in [5.74, 6) is 0.195. The van der Waals surface area contributed by atoms with Crippen molar-refractivity contribution in [2.45, 2.75) is 0 Å². The maximum Gasteiger partial charge on any atom is 0.206 e. The molecule has 0 saturated carbocycles. The van der Waals surface area contributed by atoms with Crippen LogP contribution in [0.1, 0.15) is 16.1 Å². The first-order valence-electron chi connectivity index (χ1n) is 5.17. The van der Waals surface area contributed by atoms with Crippen molar-refractivity contribution in [1.82, 2.24) is 14.4 Å². The van der Waals surface area contributed by atoms with Crippen LogP contribution in [0.3, 0.4) is 0 Å². The first-order valence-corrected chi connectivity index (χ1v) is 5.17. The number of nitrogens with two attached hydrogens (primary N) is 1. The van der Waals surface area contributed by atoms with Crippen molar-refractivity contribution in [1.29, 1.82) is 5.26 Å². The fourth-order valence-electron chi connectivity index (χ4n) is 1.93. The van der Waals surface area contributed by atoms with E-state index >= 15 is 0 Å². The van der Waals surface area contributed by atoms with Crippen LogP contribution in [0.25, 0.3) is 16.6 Å². The van der Waals surface area contributed by atoms with Crippen LogP contribution in [0.15, 0.2) is 24.4 Å². The number of nitriles is 1. The Balaban J connectivity index is 2.58. The summed E-state index contributed by atoms with van der Waals surface area (Å²) in [6.45, 7) is 0. The molecule has 3 rings (SSSR count). The van der Waals surface area contributed by atoms with Gasteiger partial charge < -0.3 is 5.73 Å². The molecule has 0 aliphatic heterocycles. The molecule has 2 aromatic heterocycles. The summed E-state index contributed by atoms with van der Waals surface area (Å²) in [6.07, 6.45) is 2.24. The lowest BCUT2D eigenvalue weighted by atomic mass is 10.1. The third-order valence-electron chi connectivity index (χ3n) is 2.73. The van der Waals surface area contributed by atoms with Crippen LogP contribution in [0.4, 0.5) is 5.95 Å². The second-order valence-electron chi connectivity index (χ2n) is 3.76. The zero-order valence-corrected chi connectivity index (χ0v) is 9.16. The highest BCUT2D eigenvalue weighted by atomic mass is 16.1. The van der Waals surface area contributed by atoms with E-state index in [9.17, 15) is 4.79 Å². The van der Waals surface area contributed by atoms with Crippen LogP contribution in [-0.4, -0.2) is 20.7 Å². The molecule has 0 aliphatic rings. The van der Waals surface area contributed by atoms with E-state index in [1.165, 1.54) is 10.6 Å². The van der Waals surface area contributed by atoms with Crippen LogP contribution >= 0.6 is 0 Å². The SMILES string of the molecule is N#Cc1cn2c(N)nc3c(C=O)cccc3c2n1. The summed E-state index contributed by atoms with van der Waals surface area (Å²) in [4.78, 5) is 19.3. The van der Waals surface area contributed by atoms with Gasteiger partial charge in [-0.15, -0.1) is 0 Å². The summed E-state index contributed by atoms with van der Waals surface area (Å²) in [6, 6.07) is 7.14. The molecular formula is C12H7N5O. The molecule has 6 nitrogen and oxygen atoms in total. The summed E-state index contributed by atoms with van der Waals surface area (Å²) < 4.78 is 1.54. The summed E-state index contributed by atoms with van der Waals surface area (Å²) in [5.41, 5.74) is 7.52. The predicted molar refractivity (Wildman–Crippen MR) is 65.0 cm³/mol. The minimum Gasteiger partial charge on any atom is -0.369 e. The van der Waals surface area contributed by atoms with Crippen molar-refractivity contribution in [2.24, 2.45) is 0 Å². The molecule has 2 N–H and O–H groups in total. The van der Waals surface area contributed by atoms with Gasteiger partial charge in [0.05, 0.1) is 11.7 Å². The van der Waals surface area contributed by atoms with E-state index in [1.807, 2.05) is 6.07 Å². The number of nitrogens with zero attached hydrogens (tertiary/aromatic N) is 4. The number of carbonyl (C=O) groups excluding carboxylic acids is 1. The lowest BCUT2D eigenvalue weighted by Crippen LogP contribution is -2.01. The van der Waals surface area contributed by atoms with Gasteiger partial charge in [-0.2, -0.15) is 5.26 Å². The molecule has 0 spiro atoms. The van der Waals surface area contributed by atoms with Gasteiger partial charge in [0.15, 0.2) is 17.6 Å². The molecule has 0 radical (unpaired) electrons. The Kier molecular flexibility index (Phi) is 2.01. The summed E-state index contributed by atoms with van der Waals surface area (Å²) in [7, 11) is 0. The Hall–Kier alpha value is -2.94. The molecule has 0 atom stereocenters. The Morgan fingerprint density at radius 1 is 1.39 bits per heavy atom. The van der Waals surface area contributed by atoms with Gasteiger partial charge in [-0.25, -0.2) is 9.97 Å². The van der Waals surface area contributed by atoms with E-state index in [4.69, 9.17) is 11.0 Å². The van der Waals surface area contributed by atoms with Crippen molar-refractivity contribution in [3.8, 4) is 6.07 Å². The Morgan fingerprint density at radius 3 is 2.94 bits per heavy atom. The minimum absolute atomic E-state index is 0.195. The van der Waals surface area contributed by atoms with Gasteiger partial charge in [0.2, 0.25) is 5.95 Å². The number of aldehydes is 1. The molecule has 0 bridgehead atoms. The monoisotopic (exact) mass is 237 g/mol. The third-order valence-corrected chi connectivity index (χ3v) is 2.73. The smallest absolute Gasteiger partial charge is 0.206 e. The number of benzene rings is 1. The van der Waals surface area contributed by atoms with E-state index in [0.29, 0.717) is 22.1 Å². The maximum absolute atomic E-state index is 11.0. The molecule has 2 heterocycles. The lowest BCUT2D eigenvalue weighted by molar-refractivity contribution is 0.112. The zero-order chi connectivity index (χ0) is 12.7. The van der Waals surface area contributed by atoms with Crippen LogP contribution in [0.5, 0.6) is 0 Å². The largest absolute Gasteiger partial charge is 0.369 e. The van der Waals surface area contributed by atoms with Crippen LogP contribution in [0.2, 0.25) is 0 Å². The molecule has 0 fully saturated rings. The third kappa shape index (κ3) is 1.25. The van der Waals surface area contributed by atoms with Crippen molar-refractivity contribution in [3.63, 3.8) is 0 Å². The second-order valence-corrected chi connectivity index (χ2v) is 3.76. The lowest BCUT2D eigenvalue weighted by Gasteiger charge is -2.04. The number of fused-ring (bicyclic) bond motifs is 3. The van der Waals surface area contributed by atoms with Crippen LogP contribution < -0.4 is 5.73 Å². The maximum atomic E-state index is 11.0. The number of hydrogen-bond acceptors (Lipinski definition) is 5. The van der Waals surface area contributed by atoms with Gasteiger partial charge in [0.1, 0.15) is 6.07 Å². The first kappa shape index (κ1) is 10.2. The number of imidazole rings is 1. The molecule has 0 amide bonds. The molecule has 86 valence electrons. The highest BCUT2D eigenvalue weighted by molar-refractivity contribution is 6.02. The Morgan fingerprint density at radius 2 is 2.22 bits per heavy atom. The van der Waals surface area contributed by atoms with Crippen molar-refractivity contribution in [3.05, 3.63) is 35.7 Å². The number of para-hydroxylation sites is 1. The first-order chi connectivity index (χ1) is 8.74. The zero-order valence-electron chi connectivity index (χ0n) is 9.16. The molecule has 6 heteroatoms. The van der Waals surface area contributed by atoms with E-state index in [2.05, 4.69) is 9.97 Å². The number of anilines is 1. The van der Waals surface area contributed by atoms with Gasteiger partial charge in [-0.3, -0.25) is 9.20 Å². The number of carbonyl (C=O) groups is 1. The van der Waals surface area contributed by atoms with Crippen molar-refractivity contribution >= 4 is 28.8 Å². The molecule has 3 aromatic rings. The van der Waals surface area contributed by atoms with Crippen molar-refractivity contribution in [2.75, 3.05) is 5.73 Å². The number of nitrogen functional groups attached to an aromatic ring is 1. The highest BCUT2D eigenvalue weighted by Crippen LogP contribution is 2.22. The molecule has 18 heavy (non-hydrogen) atoms. The topological polar surface area (TPSA) is 97.1 Å². The average molecular weight is 237 g/mol. The molecule has 0 aliphatic carbocycles. The van der Waals surface area contributed by atoms with Crippen LogP contribution in [0, 0.1) is 11.3 Å². The number of aromatic nitrogens is 3. The molecule has 1 aromatic carbocycles. The summed E-state index contributed by atoms with van der Waals surface area (Å²) in [5, 5.41) is 9.55. The van der Waals surface area contributed by atoms with Gasteiger partial charge in [-0.05, 0) is 12.1 Å². The Labute approximate surface area is 101 Å². The average Bonchev–Trinajstić information content (AvgIpc) is 2.83. The molecule has 0 saturated heterocycles. The van der Waals surface area contributed by atoms with Crippen LogP contribution in [-0.2, 0) is 0 Å². The van der Waals surface area contributed by atoms with Gasteiger partial charge in [-0.1, -0.05) is 6.07 Å². The molecule has 0 unspecified atom stereocenters. The van der Waals surface area contributed by atoms with E-state index in [0.717, 1.165) is 6.29 Å². The predicted octanol–water partition coefficient (Wildman–Crippen LogP) is 1.15. The minimum atomic E-state index is 0.195. The van der Waals surface area contributed by atoms with E-state index in [-0.39, 0.29) is 11.6 Å². The summed E-state index contributed by atoms with van der Waals surface area (Å²) >= 11 is 0. The normalized spacial score (nSPS) is 10.6. The fourth-order valence-corrected chi connectivity index (χ4v) is 1.93. The quantitative estimate of drug-likeness (QED) is 0.640. The van der Waals surface area contributed by atoms with Gasteiger partial charge >= 0.3 is 0 Å². The number of rotatable bonds is 1. The van der Waals surface area contributed by atoms with Gasteiger partial charge in [0.25, 0.3) is 0 Å². The Bertz CT molecular complexity index is 828.